The molecule has 0 aliphatic carbocycles. The molecule has 5 nitrogen and oxygen atoms in total. The zero-order chi connectivity index (χ0) is 14.6. The predicted molar refractivity (Wildman–Crippen MR) is 77.5 cm³/mol. The SMILES string of the molecule is CCC(C)N(C)S(=O)(=O)c1c[nH]c(CNC(C)C)c1. The topological polar surface area (TPSA) is 65.2 Å². The van der Waals surface area contributed by atoms with Gasteiger partial charge in [-0.2, -0.15) is 4.31 Å². The van der Waals surface area contributed by atoms with E-state index < -0.39 is 10.0 Å². The summed E-state index contributed by atoms with van der Waals surface area (Å²) in [5, 5.41) is 3.25. The molecule has 0 saturated carbocycles. The maximum absolute atomic E-state index is 12.4. The molecular formula is C13H25N3O2S. The molecule has 1 aromatic rings. The first kappa shape index (κ1) is 16.2. The van der Waals surface area contributed by atoms with Crippen LogP contribution in [0.25, 0.3) is 0 Å². The Labute approximate surface area is 116 Å². The second kappa shape index (κ2) is 6.54. The van der Waals surface area contributed by atoms with Crippen molar-refractivity contribution >= 4 is 10.0 Å². The van der Waals surface area contributed by atoms with E-state index in [-0.39, 0.29) is 6.04 Å². The number of rotatable bonds is 7. The van der Waals surface area contributed by atoms with E-state index in [4.69, 9.17) is 0 Å². The van der Waals surface area contributed by atoms with Crippen molar-refractivity contribution in [3.63, 3.8) is 0 Å². The molecule has 19 heavy (non-hydrogen) atoms. The Morgan fingerprint density at radius 3 is 2.53 bits per heavy atom. The van der Waals surface area contributed by atoms with Crippen molar-refractivity contribution < 1.29 is 8.42 Å². The van der Waals surface area contributed by atoms with Crippen molar-refractivity contribution in [3.8, 4) is 0 Å². The molecule has 0 spiro atoms. The van der Waals surface area contributed by atoms with Crippen molar-refractivity contribution in [1.29, 1.82) is 0 Å². The number of nitrogens with zero attached hydrogens (tertiary/aromatic N) is 1. The van der Waals surface area contributed by atoms with Gasteiger partial charge in [0.15, 0.2) is 0 Å². The summed E-state index contributed by atoms with van der Waals surface area (Å²) in [6.45, 7) is 8.63. The Kier molecular flexibility index (Phi) is 5.58. The molecule has 1 rings (SSSR count). The van der Waals surface area contributed by atoms with E-state index in [0.29, 0.717) is 17.5 Å². The van der Waals surface area contributed by atoms with Crippen LogP contribution in [0.5, 0.6) is 0 Å². The molecule has 2 N–H and O–H groups in total. The molecule has 0 aromatic carbocycles. The molecule has 0 fully saturated rings. The molecule has 0 aliphatic heterocycles. The van der Waals surface area contributed by atoms with Crippen LogP contribution in [0.3, 0.4) is 0 Å². The van der Waals surface area contributed by atoms with Crippen LogP contribution in [0.4, 0.5) is 0 Å². The molecule has 110 valence electrons. The summed E-state index contributed by atoms with van der Waals surface area (Å²) in [4.78, 5) is 3.34. The van der Waals surface area contributed by atoms with Crippen LogP contribution in [0.2, 0.25) is 0 Å². The Bertz CT molecular complexity index is 494. The van der Waals surface area contributed by atoms with Crippen molar-refractivity contribution in [2.75, 3.05) is 7.05 Å². The summed E-state index contributed by atoms with van der Waals surface area (Å²) in [5.74, 6) is 0. The van der Waals surface area contributed by atoms with E-state index in [0.717, 1.165) is 12.1 Å². The van der Waals surface area contributed by atoms with Crippen molar-refractivity contribution in [2.24, 2.45) is 0 Å². The van der Waals surface area contributed by atoms with Crippen LogP contribution >= 0.6 is 0 Å². The normalized spacial score (nSPS) is 14.3. The molecule has 1 unspecified atom stereocenters. The van der Waals surface area contributed by atoms with Gasteiger partial charge in [0.25, 0.3) is 0 Å². The van der Waals surface area contributed by atoms with E-state index in [1.807, 2.05) is 13.8 Å². The average molecular weight is 287 g/mol. The van der Waals surface area contributed by atoms with E-state index in [9.17, 15) is 8.42 Å². The zero-order valence-corrected chi connectivity index (χ0v) is 13.2. The largest absolute Gasteiger partial charge is 0.363 e. The first-order valence-corrected chi connectivity index (χ1v) is 8.11. The van der Waals surface area contributed by atoms with Crippen LogP contribution in [0.15, 0.2) is 17.2 Å². The van der Waals surface area contributed by atoms with Gasteiger partial charge in [-0.25, -0.2) is 8.42 Å². The average Bonchev–Trinajstić information content (AvgIpc) is 2.83. The van der Waals surface area contributed by atoms with Crippen LogP contribution in [0.1, 0.15) is 39.8 Å². The summed E-state index contributed by atoms with van der Waals surface area (Å²) in [6.07, 6.45) is 2.35. The fraction of sp³-hybridized carbons (Fsp3) is 0.692. The summed E-state index contributed by atoms with van der Waals surface area (Å²) in [5.41, 5.74) is 0.879. The van der Waals surface area contributed by atoms with Gasteiger partial charge in [-0.05, 0) is 19.4 Å². The third kappa shape index (κ3) is 4.06. The zero-order valence-electron chi connectivity index (χ0n) is 12.4. The standard InChI is InChI=1S/C13H25N3O2S/c1-6-11(4)16(5)19(17,18)13-7-12(15-9-13)8-14-10(2)3/h7,9-11,14-15H,6,8H2,1-5H3. The summed E-state index contributed by atoms with van der Waals surface area (Å²) < 4.78 is 26.2. The fourth-order valence-corrected chi connectivity index (χ4v) is 3.10. The lowest BCUT2D eigenvalue weighted by Crippen LogP contribution is -2.34. The molecular weight excluding hydrogens is 262 g/mol. The van der Waals surface area contributed by atoms with Crippen LogP contribution in [-0.2, 0) is 16.6 Å². The minimum Gasteiger partial charge on any atom is -0.363 e. The van der Waals surface area contributed by atoms with Crippen LogP contribution in [-0.4, -0.2) is 36.8 Å². The van der Waals surface area contributed by atoms with Gasteiger partial charge in [0.2, 0.25) is 10.0 Å². The monoisotopic (exact) mass is 287 g/mol. The van der Waals surface area contributed by atoms with E-state index >= 15 is 0 Å². The van der Waals surface area contributed by atoms with Crippen LogP contribution < -0.4 is 5.32 Å². The van der Waals surface area contributed by atoms with Gasteiger partial charge < -0.3 is 10.3 Å². The first-order valence-electron chi connectivity index (χ1n) is 6.67. The molecule has 1 heterocycles. The molecule has 1 atom stereocenters. The van der Waals surface area contributed by atoms with Crippen molar-refractivity contribution in [1.82, 2.24) is 14.6 Å². The van der Waals surface area contributed by atoms with E-state index in [2.05, 4.69) is 24.1 Å². The molecule has 0 amide bonds. The minimum atomic E-state index is -3.39. The van der Waals surface area contributed by atoms with E-state index in [1.165, 1.54) is 4.31 Å². The number of sulfonamides is 1. The highest BCUT2D eigenvalue weighted by molar-refractivity contribution is 7.89. The van der Waals surface area contributed by atoms with Gasteiger partial charge in [-0.1, -0.05) is 20.8 Å². The van der Waals surface area contributed by atoms with Gasteiger partial charge in [0, 0.05) is 37.6 Å². The second-order valence-electron chi connectivity index (χ2n) is 5.17. The number of hydrogen-bond acceptors (Lipinski definition) is 3. The van der Waals surface area contributed by atoms with Crippen molar-refractivity contribution in [3.05, 3.63) is 18.0 Å². The molecule has 6 heteroatoms. The maximum Gasteiger partial charge on any atom is 0.244 e. The second-order valence-corrected chi connectivity index (χ2v) is 7.17. The van der Waals surface area contributed by atoms with Crippen molar-refractivity contribution in [2.45, 2.75) is 57.6 Å². The Morgan fingerprint density at radius 1 is 1.37 bits per heavy atom. The van der Waals surface area contributed by atoms with Gasteiger partial charge in [-0.15, -0.1) is 0 Å². The highest BCUT2D eigenvalue weighted by Crippen LogP contribution is 2.18. The molecule has 0 saturated heterocycles. The lowest BCUT2D eigenvalue weighted by Gasteiger charge is -2.22. The lowest BCUT2D eigenvalue weighted by atomic mass is 10.3. The first-order chi connectivity index (χ1) is 8.78. The molecule has 0 bridgehead atoms. The summed E-state index contributed by atoms with van der Waals surface area (Å²) in [6, 6.07) is 2.06. The quantitative estimate of drug-likeness (QED) is 0.805. The Balaban J connectivity index is 2.85. The fourth-order valence-electron chi connectivity index (χ4n) is 1.64. The molecule has 0 radical (unpaired) electrons. The van der Waals surface area contributed by atoms with Gasteiger partial charge >= 0.3 is 0 Å². The third-order valence-electron chi connectivity index (χ3n) is 3.31. The number of nitrogens with one attached hydrogen (secondary N) is 2. The number of hydrogen-bond donors (Lipinski definition) is 2. The van der Waals surface area contributed by atoms with E-state index in [1.54, 1.807) is 19.3 Å². The Hall–Kier alpha value is -0.850. The van der Waals surface area contributed by atoms with Gasteiger partial charge in [0.1, 0.15) is 0 Å². The Morgan fingerprint density at radius 2 is 2.00 bits per heavy atom. The molecule has 0 aliphatic rings. The number of aromatic amines is 1. The minimum absolute atomic E-state index is 0.00265. The summed E-state index contributed by atoms with van der Waals surface area (Å²) >= 11 is 0. The maximum atomic E-state index is 12.4. The van der Waals surface area contributed by atoms with Gasteiger partial charge in [-0.3, -0.25) is 0 Å². The third-order valence-corrected chi connectivity index (χ3v) is 5.26. The smallest absolute Gasteiger partial charge is 0.244 e. The van der Waals surface area contributed by atoms with Crippen LogP contribution in [0, 0.1) is 0 Å². The highest BCUT2D eigenvalue weighted by atomic mass is 32.2. The molecule has 1 aromatic heterocycles. The number of H-pyrrole nitrogens is 1. The van der Waals surface area contributed by atoms with Gasteiger partial charge in [0.05, 0.1) is 4.90 Å². The summed E-state index contributed by atoms with van der Waals surface area (Å²) in [7, 11) is -1.77. The number of aromatic nitrogens is 1. The predicted octanol–water partition coefficient (Wildman–Crippen LogP) is 1.93. The highest BCUT2D eigenvalue weighted by Gasteiger charge is 2.25. The lowest BCUT2D eigenvalue weighted by molar-refractivity contribution is 0.380.